The zero-order valence-electron chi connectivity index (χ0n) is 17.7. The van der Waals surface area contributed by atoms with Gasteiger partial charge in [-0.15, -0.1) is 0 Å². The molecule has 0 N–H and O–H groups in total. The molecule has 0 bridgehead atoms. The second-order valence-electron chi connectivity index (χ2n) is 7.52. The number of rotatable bonds is 5. The first-order valence-corrected chi connectivity index (χ1v) is 10.2. The fraction of sp³-hybridized carbons (Fsp3) is 0.240. The van der Waals surface area contributed by atoms with Gasteiger partial charge in [0.1, 0.15) is 23.0 Å². The highest BCUT2D eigenvalue weighted by atomic mass is 16.5. The van der Waals surface area contributed by atoms with Crippen molar-refractivity contribution in [2.24, 2.45) is 5.10 Å². The van der Waals surface area contributed by atoms with Gasteiger partial charge in [-0.2, -0.15) is 5.10 Å². The van der Waals surface area contributed by atoms with Gasteiger partial charge in [-0.3, -0.25) is 0 Å². The first-order chi connectivity index (χ1) is 15.2. The molecule has 2 aliphatic heterocycles. The molecule has 0 fully saturated rings. The molecular formula is C25H24N2O4. The van der Waals surface area contributed by atoms with Crippen molar-refractivity contribution >= 4 is 5.71 Å². The minimum atomic E-state index is -0.326. The molecule has 6 nitrogen and oxygen atoms in total. The van der Waals surface area contributed by atoms with E-state index >= 15 is 0 Å². The lowest BCUT2D eigenvalue weighted by Crippen LogP contribution is -2.33. The lowest BCUT2D eigenvalue weighted by atomic mass is 9.95. The number of benzene rings is 3. The first-order valence-electron chi connectivity index (χ1n) is 10.2. The molecule has 0 spiro atoms. The zero-order valence-corrected chi connectivity index (χ0v) is 17.7. The molecule has 2 aliphatic rings. The summed E-state index contributed by atoms with van der Waals surface area (Å²) in [5.74, 6) is 3.30. The number of fused-ring (bicyclic) bond motifs is 3. The molecule has 0 saturated heterocycles. The van der Waals surface area contributed by atoms with Gasteiger partial charge in [0.25, 0.3) is 0 Å². The van der Waals surface area contributed by atoms with Crippen molar-refractivity contribution in [2.45, 2.75) is 18.7 Å². The highest BCUT2D eigenvalue weighted by Gasteiger charge is 2.41. The smallest absolute Gasteiger partial charge is 0.213 e. The van der Waals surface area contributed by atoms with Crippen molar-refractivity contribution in [1.29, 1.82) is 0 Å². The predicted octanol–water partition coefficient (Wildman–Crippen LogP) is 4.95. The van der Waals surface area contributed by atoms with Crippen molar-refractivity contribution in [1.82, 2.24) is 5.01 Å². The third kappa shape index (κ3) is 3.44. The van der Waals surface area contributed by atoms with Gasteiger partial charge in [-0.25, -0.2) is 5.01 Å². The largest absolute Gasteiger partial charge is 0.497 e. The summed E-state index contributed by atoms with van der Waals surface area (Å²) in [6, 6.07) is 22.0. The Hall–Kier alpha value is -3.67. The van der Waals surface area contributed by atoms with Crippen LogP contribution >= 0.6 is 0 Å². The molecule has 158 valence electrons. The second-order valence-corrected chi connectivity index (χ2v) is 7.52. The molecule has 3 aromatic carbocycles. The first kappa shape index (κ1) is 19.3. The fourth-order valence-corrected chi connectivity index (χ4v) is 4.14. The quantitative estimate of drug-likeness (QED) is 0.589. The number of hydrogen-bond acceptors (Lipinski definition) is 6. The molecular weight excluding hydrogens is 392 g/mol. The van der Waals surface area contributed by atoms with Crippen molar-refractivity contribution < 1.29 is 18.9 Å². The summed E-state index contributed by atoms with van der Waals surface area (Å²) >= 11 is 0. The Kier molecular flexibility index (Phi) is 4.90. The van der Waals surface area contributed by atoms with Crippen LogP contribution in [0, 0.1) is 0 Å². The van der Waals surface area contributed by atoms with Gasteiger partial charge in [-0.1, -0.05) is 0 Å². The van der Waals surface area contributed by atoms with Crippen LogP contribution in [0.4, 0.5) is 0 Å². The van der Waals surface area contributed by atoms with E-state index in [-0.39, 0.29) is 12.3 Å². The van der Waals surface area contributed by atoms with Crippen molar-refractivity contribution in [3.05, 3.63) is 83.4 Å². The minimum Gasteiger partial charge on any atom is -0.497 e. The number of hydrazone groups is 1. The fourth-order valence-electron chi connectivity index (χ4n) is 4.14. The van der Waals surface area contributed by atoms with Gasteiger partial charge < -0.3 is 18.9 Å². The SMILES string of the molecule is COc1ccc(C2=NN3C(C2)c2cc(OC)ccc2OC3c2ccc(OC)cc2)cc1. The van der Waals surface area contributed by atoms with E-state index in [4.69, 9.17) is 24.0 Å². The van der Waals surface area contributed by atoms with Crippen LogP contribution in [0.1, 0.15) is 35.4 Å². The molecule has 2 unspecified atom stereocenters. The minimum absolute atomic E-state index is 0.0584. The van der Waals surface area contributed by atoms with E-state index in [1.165, 1.54) is 0 Å². The maximum atomic E-state index is 6.43. The maximum absolute atomic E-state index is 6.43. The Morgan fingerprint density at radius 3 is 2.06 bits per heavy atom. The van der Waals surface area contributed by atoms with Crippen LogP contribution < -0.4 is 18.9 Å². The van der Waals surface area contributed by atoms with Crippen molar-refractivity contribution in [2.75, 3.05) is 21.3 Å². The van der Waals surface area contributed by atoms with Crippen LogP contribution in [0.5, 0.6) is 23.0 Å². The van der Waals surface area contributed by atoms with Gasteiger partial charge in [0, 0.05) is 17.5 Å². The second kappa shape index (κ2) is 7.87. The monoisotopic (exact) mass is 416 g/mol. The average molecular weight is 416 g/mol. The third-order valence-corrected chi connectivity index (χ3v) is 5.82. The molecule has 0 amide bonds. The topological polar surface area (TPSA) is 52.5 Å². The molecule has 3 aromatic rings. The summed E-state index contributed by atoms with van der Waals surface area (Å²) in [5, 5.41) is 7.06. The average Bonchev–Trinajstić information content (AvgIpc) is 3.29. The van der Waals surface area contributed by atoms with E-state index in [1.54, 1.807) is 21.3 Å². The molecule has 0 radical (unpaired) electrons. The summed E-state index contributed by atoms with van der Waals surface area (Å²) in [7, 11) is 5.01. The number of ether oxygens (including phenoxy) is 4. The molecule has 0 saturated carbocycles. The van der Waals surface area contributed by atoms with Crippen LogP contribution in [0.15, 0.2) is 71.8 Å². The lowest BCUT2D eigenvalue weighted by molar-refractivity contribution is -0.0191. The Morgan fingerprint density at radius 2 is 1.42 bits per heavy atom. The van der Waals surface area contributed by atoms with Crippen LogP contribution in [0.3, 0.4) is 0 Å². The molecule has 6 heteroatoms. The summed E-state index contributed by atoms with van der Waals surface area (Å²) in [5.41, 5.74) is 4.20. The molecule has 31 heavy (non-hydrogen) atoms. The van der Waals surface area contributed by atoms with Gasteiger partial charge in [-0.05, 0) is 72.3 Å². The lowest BCUT2D eigenvalue weighted by Gasteiger charge is -2.38. The van der Waals surface area contributed by atoms with E-state index < -0.39 is 0 Å². The Morgan fingerprint density at radius 1 is 0.806 bits per heavy atom. The van der Waals surface area contributed by atoms with E-state index in [1.807, 2.05) is 66.7 Å². The molecule has 0 aromatic heterocycles. The van der Waals surface area contributed by atoms with Crippen molar-refractivity contribution in [3.63, 3.8) is 0 Å². The third-order valence-electron chi connectivity index (χ3n) is 5.82. The van der Waals surface area contributed by atoms with Crippen LogP contribution in [0.25, 0.3) is 0 Å². The van der Waals surface area contributed by atoms with E-state index in [0.717, 1.165) is 51.8 Å². The predicted molar refractivity (Wildman–Crippen MR) is 118 cm³/mol. The Balaban J connectivity index is 1.56. The van der Waals surface area contributed by atoms with E-state index in [0.29, 0.717) is 0 Å². The number of methoxy groups -OCH3 is 3. The summed E-state index contributed by atoms with van der Waals surface area (Å²) in [4.78, 5) is 0. The van der Waals surface area contributed by atoms with E-state index in [2.05, 4.69) is 5.01 Å². The maximum Gasteiger partial charge on any atom is 0.213 e. The number of nitrogens with zero attached hydrogens (tertiary/aromatic N) is 2. The van der Waals surface area contributed by atoms with Crippen LogP contribution in [-0.2, 0) is 0 Å². The van der Waals surface area contributed by atoms with Crippen molar-refractivity contribution in [3.8, 4) is 23.0 Å². The summed E-state index contributed by atoms with van der Waals surface area (Å²) in [6.07, 6.45) is 0.454. The standard InChI is InChI=1S/C25H24N2O4/c1-28-18-8-4-16(5-9-18)22-15-23-21-14-20(30-3)12-13-24(21)31-25(27(23)26-22)17-6-10-19(29-2)11-7-17/h4-14,23,25H,15H2,1-3H3. The Labute approximate surface area is 181 Å². The zero-order chi connectivity index (χ0) is 21.4. The highest BCUT2D eigenvalue weighted by molar-refractivity contribution is 6.02. The molecule has 2 heterocycles. The summed E-state index contributed by atoms with van der Waals surface area (Å²) < 4.78 is 22.5. The Bertz CT molecular complexity index is 1110. The van der Waals surface area contributed by atoms with Crippen LogP contribution in [0.2, 0.25) is 0 Å². The summed E-state index contributed by atoms with van der Waals surface area (Å²) in [6.45, 7) is 0. The normalized spacial score (nSPS) is 19.1. The van der Waals surface area contributed by atoms with E-state index in [9.17, 15) is 0 Å². The van der Waals surface area contributed by atoms with Gasteiger partial charge in [0.05, 0.1) is 33.1 Å². The number of hydrogen-bond donors (Lipinski definition) is 0. The molecule has 0 aliphatic carbocycles. The molecule has 2 atom stereocenters. The van der Waals surface area contributed by atoms with Crippen LogP contribution in [-0.4, -0.2) is 32.0 Å². The van der Waals surface area contributed by atoms with Gasteiger partial charge in [0.2, 0.25) is 6.23 Å². The highest BCUT2D eigenvalue weighted by Crippen LogP contribution is 2.48. The van der Waals surface area contributed by atoms with Gasteiger partial charge >= 0.3 is 0 Å². The molecule has 5 rings (SSSR count). The van der Waals surface area contributed by atoms with Gasteiger partial charge in [0.15, 0.2) is 0 Å².